The zero-order valence-corrected chi connectivity index (χ0v) is 15.7. The minimum absolute atomic E-state index is 0.277. The average molecular weight is 370 g/mol. The zero-order valence-electron chi connectivity index (χ0n) is 15.7. The van der Waals surface area contributed by atoms with Crippen LogP contribution in [-0.2, 0) is 6.42 Å². The lowest BCUT2D eigenvalue weighted by Gasteiger charge is -2.18. The largest absolute Gasteiger partial charge is 0.368 e. The van der Waals surface area contributed by atoms with Gasteiger partial charge in [-0.3, -0.25) is 9.97 Å². The molecule has 0 fully saturated rings. The number of anilines is 1. The lowest BCUT2D eigenvalue weighted by molar-refractivity contribution is 0.583. The van der Waals surface area contributed by atoms with Gasteiger partial charge in [-0.1, -0.05) is 30.3 Å². The highest BCUT2D eigenvalue weighted by atomic mass is 15.1. The van der Waals surface area contributed by atoms with Gasteiger partial charge in [0.15, 0.2) is 5.82 Å². The second-order valence-electron chi connectivity index (χ2n) is 6.58. The van der Waals surface area contributed by atoms with E-state index in [1.165, 1.54) is 5.56 Å². The van der Waals surface area contributed by atoms with Crippen molar-refractivity contribution in [3.63, 3.8) is 0 Å². The molecule has 0 aliphatic heterocycles. The minimum atomic E-state index is 0.277. The standard InChI is InChI=1S/C22H22N6/c1-23-18(13-16-5-3-2-4-6-16)14-26-22-19-9-12-25-15-20(19)27-21(28-22)17-7-10-24-11-8-17/h2-12,15,18,23H,13-14H2,1H3,(H,26,27,28)/t18-/m0/s1. The van der Waals surface area contributed by atoms with E-state index in [9.17, 15) is 0 Å². The lowest BCUT2D eigenvalue weighted by atomic mass is 10.1. The Morgan fingerprint density at radius 3 is 2.46 bits per heavy atom. The van der Waals surface area contributed by atoms with Gasteiger partial charge in [-0.25, -0.2) is 9.97 Å². The van der Waals surface area contributed by atoms with E-state index in [4.69, 9.17) is 4.98 Å². The Morgan fingerprint density at radius 1 is 0.893 bits per heavy atom. The van der Waals surface area contributed by atoms with Gasteiger partial charge in [-0.05, 0) is 37.2 Å². The summed E-state index contributed by atoms with van der Waals surface area (Å²) >= 11 is 0. The molecule has 4 aromatic rings. The minimum Gasteiger partial charge on any atom is -0.368 e. The molecule has 0 radical (unpaired) electrons. The number of benzene rings is 1. The van der Waals surface area contributed by atoms with Gasteiger partial charge in [0.1, 0.15) is 5.82 Å². The third-order valence-corrected chi connectivity index (χ3v) is 4.69. The Balaban J connectivity index is 1.60. The number of aromatic nitrogens is 4. The lowest BCUT2D eigenvalue weighted by Crippen LogP contribution is -2.34. The summed E-state index contributed by atoms with van der Waals surface area (Å²) in [5.41, 5.74) is 3.05. The number of likely N-dealkylation sites (N-methyl/N-ethyl adjacent to an activating group) is 1. The summed E-state index contributed by atoms with van der Waals surface area (Å²) in [6, 6.07) is 16.5. The number of fused-ring (bicyclic) bond motifs is 1. The molecular formula is C22H22N6. The summed E-state index contributed by atoms with van der Waals surface area (Å²) < 4.78 is 0. The molecule has 0 saturated heterocycles. The van der Waals surface area contributed by atoms with Crippen LogP contribution in [0.3, 0.4) is 0 Å². The summed E-state index contributed by atoms with van der Waals surface area (Å²) in [5.74, 6) is 1.47. The SMILES string of the molecule is CN[C@H](CNc1nc(-c2ccncc2)nc2cnccc12)Cc1ccccc1. The van der Waals surface area contributed by atoms with Crippen LogP contribution in [0.1, 0.15) is 5.56 Å². The van der Waals surface area contributed by atoms with Gasteiger partial charge in [0.2, 0.25) is 0 Å². The monoisotopic (exact) mass is 370 g/mol. The van der Waals surface area contributed by atoms with Gasteiger partial charge in [0.05, 0.1) is 11.7 Å². The Kier molecular flexibility index (Phi) is 5.49. The normalized spacial score (nSPS) is 12.0. The molecule has 1 aromatic carbocycles. The molecule has 28 heavy (non-hydrogen) atoms. The van der Waals surface area contributed by atoms with Crippen molar-refractivity contribution in [2.75, 3.05) is 18.9 Å². The fourth-order valence-electron chi connectivity index (χ4n) is 3.14. The van der Waals surface area contributed by atoms with Crippen LogP contribution < -0.4 is 10.6 Å². The molecule has 6 heteroatoms. The summed E-state index contributed by atoms with van der Waals surface area (Å²) in [7, 11) is 1.99. The third-order valence-electron chi connectivity index (χ3n) is 4.69. The molecule has 3 aromatic heterocycles. The Hall–Kier alpha value is -3.38. The van der Waals surface area contributed by atoms with Crippen LogP contribution in [0.25, 0.3) is 22.3 Å². The van der Waals surface area contributed by atoms with Crippen LogP contribution in [0.5, 0.6) is 0 Å². The molecular weight excluding hydrogens is 348 g/mol. The van der Waals surface area contributed by atoms with Crippen LogP contribution >= 0.6 is 0 Å². The quantitative estimate of drug-likeness (QED) is 0.520. The van der Waals surface area contributed by atoms with Crippen molar-refractivity contribution in [1.29, 1.82) is 0 Å². The summed E-state index contributed by atoms with van der Waals surface area (Å²) in [5, 5.41) is 7.86. The van der Waals surface area contributed by atoms with E-state index in [2.05, 4.69) is 49.9 Å². The van der Waals surface area contributed by atoms with Gasteiger partial charge in [0.25, 0.3) is 0 Å². The summed E-state index contributed by atoms with van der Waals surface area (Å²) in [6.07, 6.45) is 7.97. The average Bonchev–Trinajstić information content (AvgIpc) is 2.77. The number of nitrogens with zero attached hydrogens (tertiary/aromatic N) is 4. The fourth-order valence-corrected chi connectivity index (χ4v) is 3.14. The molecule has 3 heterocycles. The molecule has 6 nitrogen and oxygen atoms in total. The van der Waals surface area contributed by atoms with Crippen molar-refractivity contribution in [2.24, 2.45) is 0 Å². The number of hydrogen-bond acceptors (Lipinski definition) is 6. The van der Waals surface area contributed by atoms with E-state index in [-0.39, 0.29) is 6.04 Å². The van der Waals surface area contributed by atoms with Crippen LogP contribution in [-0.4, -0.2) is 39.6 Å². The van der Waals surface area contributed by atoms with Crippen molar-refractivity contribution < 1.29 is 0 Å². The topological polar surface area (TPSA) is 75.6 Å². The first-order valence-electron chi connectivity index (χ1n) is 9.30. The van der Waals surface area contributed by atoms with Crippen LogP contribution in [0.4, 0.5) is 5.82 Å². The fraction of sp³-hybridized carbons (Fsp3) is 0.182. The van der Waals surface area contributed by atoms with E-state index in [1.807, 2.05) is 31.3 Å². The Bertz CT molecular complexity index is 1040. The summed E-state index contributed by atoms with van der Waals surface area (Å²) in [6.45, 7) is 0.746. The second kappa shape index (κ2) is 8.54. The Labute approximate surface area is 164 Å². The molecule has 140 valence electrons. The number of hydrogen-bond donors (Lipinski definition) is 2. The second-order valence-corrected chi connectivity index (χ2v) is 6.58. The van der Waals surface area contributed by atoms with E-state index in [0.717, 1.165) is 35.2 Å². The van der Waals surface area contributed by atoms with E-state index >= 15 is 0 Å². The van der Waals surface area contributed by atoms with Crippen molar-refractivity contribution in [2.45, 2.75) is 12.5 Å². The van der Waals surface area contributed by atoms with E-state index in [1.54, 1.807) is 24.8 Å². The maximum Gasteiger partial charge on any atom is 0.162 e. The molecule has 0 aliphatic rings. The highest BCUT2D eigenvalue weighted by molar-refractivity contribution is 5.89. The molecule has 0 spiro atoms. The molecule has 2 N–H and O–H groups in total. The van der Waals surface area contributed by atoms with Crippen molar-refractivity contribution in [3.8, 4) is 11.4 Å². The van der Waals surface area contributed by atoms with Gasteiger partial charge >= 0.3 is 0 Å². The molecule has 1 atom stereocenters. The maximum atomic E-state index is 4.78. The number of pyridine rings is 2. The first-order chi connectivity index (χ1) is 13.8. The smallest absolute Gasteiger partial charge is 0.162 e. The molecule has 0 saturated carbocycles. The summed E-state index contributed by atoms with van der Waals surface area (Å²) in [4.78, 5) is 17.7. The van der Waals surface area contributed by atoms with E-state index < -0.39 is 0 Å². The molecule has 0 aliphatic carbocycles. The zero-order chi connectivity index (χ0) is 19.2. The van der Waals surface area contributed by atoms with Gasteiger partial charge in [-0.2, -0.15) is 0 Å². The van der Waals surface area contributed by atoms with Crippen molar-refractivity contribution >= 4 is 16.7 Å². The van der Waals surface area contributed by atoms with Crippen molar-refractivity contribution in [1.82, 2.24) is 25.3 Å². The van der Waals surface area contributed by atoms with Crippen LogP contribution in [0.15, 0.2) is 73.3 Å². The predicted molar refractivity (Wildman–Crippen MR) is 112 cm³/mol. The number of nitrogens with one attached hydrogen (secondary N) is 2. The van der Waals surface area contributed by atoms with Crippen LogP contribution in [0, 0.1) is 0 Å². The van der Waals surface area contributed by atoms with E-state index in [0.29, 0.717) is 5.82 Å². The molecule has 0 bridgehead atoms. The van der Waals surface area contributed by atoms with Gasteiger partial charge < -0.3 is 10.6 Å². The molecule has 0 unspecified atom stereocenters. The third kappa shape index (κ3) is 4.13. The van der Waals surface area contributed by atoms with Crippen LogP contribution in [0.2, 0.25) is 0 Å². The highest BCUT2D eigenvalue weighted by Gasteiger charge is 2.12. The highest BCUT2D eigenvalue weighted by Crippen LogP contribution is 2.24. The first kappa shape index (κ1) is 18.0. The first-order valence-corrected chi connectivity index (χ1v) is 9.30. The van der Waals surface area contributed by atoms with Gasteiger partial charge in [-0.15, -0.1) is 0 Å². The Morgan fingerprint density at radius 2 is 1.68 bits per heavy atom. The number of rotatable bonds is 7. The van der Waals surface area contributed by atoms with Gasteiger partial charge in [0, 0.05) is 42.1 Å². The molecule has 0 amide bonds. The predicted octanol–water partition coefficient (Wildman–Crippen LogP) is 3.33. The molecule has 4 rings (SSSR count). The van der Waals surface area contributed by atoms with Crippen molar-refractivity contribution in [3.05, 3.63) is 78.9 Å². The maximum absolute atomic E-state index is 4.78.